The van der Waals surface area contributed by atoms with Gasteiger partial charge in [-0.15, -0.1) is 10.2 Å². The molecule has 1 N–H and O–H groups in total. The second-order valence-corrected chi connectivity index (χ2v) is 5.09. The van der Waals surface area contributed by atoms with Crippen molar-refractivity contribution in [2.45, 2.75) is 16.4 Å². The SMILES string of the molecule is OCc1ccc(Sc2cc(Cl)nnc2Cl)cc1. The molecule has 1 aromatic carbocycles. The summed E-state index contributed by atoms with van der Waals surface area (Å²) in [7, 11) is 0. The van der Waals surface area contributed by atoms with Crippen molar-refractivity contribution in [3.63, 3.8) is 0 Å². The van der Waals surface area contributed by atoms with E-state index in [1.54, 1.807) is 6.07 Å². The Bertz CT molecular complexity index is 519. The van der Waals surface area contributed by atoms with Crippen LogP contribution in [0.2, 0.25) is 10.3 Å². The maximum atomic E-state index is 8.94. The largest absolute Gasteiger partial charge is 0.392 e. The summed E-state index contributed by atoms with van der Waals surface area (Å²) in [5, 5.41) is 16.9. The highest BCUT2D eigenvalue weighted by molar-refractivity contribution is 7.99. The van der Waals surface area contributed by atoms with Crippen molar-refractivity contribution in [2.24, 2.45) is 0 Å². The second kappa shape index (κ2) is 5.69. The molecule has 1 heterocycles. The van der Waals surface area contributed by atoms with Crippen LogP contribution in [0, 0.1) is 0 Å². The molecule has 1 aromatic heterocycles. The normalized spacial score (nSPS) is 10.5. The van der Waals surface area contributed by atoms with Crippen molar-refractivity contribution in [3.05, 3.63) is 46.2 Å². The molecule has 0 unspecified atom stereocenters. The number of aliphatic hydroxyl groups is 1. The number of aromatic nitrogens is 2. The Morgan fingerprint density at radius 1 is 1.12 bits per heavy atom. The molecule has 0 aliphatic heterocycles. The molecule has 0 radical (unpaired) electrons. The molecular formula is C11H8Cl2N2OS. The summed E-state index contributed by atoms with van der Waals surface area (Å²) in [4.78, 5) is 1.75. The summed E-state index contributed by atoms with van der Waals surface area (Å²) in [6.07, 6.45) is 0. The van der Waals surface area contributed by atoms with Crippen LogP contribution in [0.3, 0.4) is 0 Å². The van der Waals surface area contributed by atoms with Crippen molar-refractivity contribution in [3.8, 4) is 0 Å². The molecule has 0 aliphatic rings. The van der Waals surface area contributed by atoms with Crippen LogP contribution in [0.15, 0.2) is 40.1 Å². The average Bonchev–Trinajstić information content (AvgIpc) is 2.35. The fourth-order valence-electron chi connectivity index (χ4n) is 1.20. The molecule has 2 aromatic rings. The number of rotatable bonds is 3. The van der Waals surface area contributed by atoms with Gasteiger partial charge in [0.1, 0.15) is 0 Å². The van der Waals surface area contributed by atoms with Crippen LogP contribution in [0.25, 0.3) is 0 Å². The predicted molar refractivity (Wildman–Crippen MR) is 68.5 cm³/mol. The van der Waals surface area contributed by atoms with Crippen LogP contribution in [0.4, 0.5) is 0 Å². The zero-order valence-electron chi connectivity index (χ0n) is 8.60. The summed E-state index contributed by atoms with van der Waals surface area (Å²) < 4.78 is 0. The van der Waals surface area contributed by atoms with Crippen molar-refractivity contribution in [1.82, 2.24) is 10.2 Å². The van der Waals surface area contributed by atoms with Gasteiger partial charge in [-0.1, -0.05) is 47.1 Å². The topological polar surface area (TPSA) is 46.0 Å². The van der Waals surface area contributed by atoms with Gasteiger partial charge in [-0.2, -0.15) is 0 Å². The Labute approximate surface area is 113 Å². The molecule has 88 valence electrons. The number of aliphatic hydroxyl groups excluding tert-OH is 1. The van der Waals surface area contributed by atoms with Gasteiger partial charge >= 0.3 is 0 Å². The molecule has 0 aliphatic carbocycles. The molecule has 0 atom stereocenters. The number of nitrogens with zero attached hydrogens (tertiary/aromatic N) is 2. The van der Waals surface area contributed by atoms with Crippen molar-refractivity contribution in [1.29, 1.82) is 0 Å². The molecule has 0 saturated heterocycles. The van der Waals surface area contributed by atoms with Crippen LogP contribution < -0.4 is 0 Å². The summed E-state index contributed by atoms with van der Waals surface area (Å²) >= 11 is 13.1. The van der Waals surface area contributed by atoms with Gasteiger partial charge in [-0.05, 0) is 23.8 Å². The third kappa shape index (κ3) is 3.33. The van der Waals surface area contributed by atoms with Crippen LogP contribution in [0.1, 0.15) is 5.56 Å². The molecule has 0 fully saturated rings. The van der Waals surface area contributed by atoms with Gasteiger partial charge in [0.05, 0.1) is 11.5 Å². The third-order valence-corrected chi connectivity index (χ3v) is 3.64. The van der Waals surface area contributed by atoms with E-state index in [-0.39, 0.29) is 6.61 Å². The molecule has 0 amide bonds. The first kappa shape index (κ1) is 12.6. The van der Waals surface area contributed by atoms with Gasteiger partial charge in [0, 0.05) is 4.90 Å². The standard InChI is InChI=1S/C11H8Cl2N2OS/c12-10-5-9(11(13)15-14-10)17-8-3-1-7(6-16)2-4-8/h1-5,16H,6H2. The van der Waals surface area contributed by atoms with E-state index >= 15 is 0 Å². The van der Waals surface area contributed by atoms with E-state index in [1.165, 1.54) is 11.8 Å². The minimum absolute atomic E-state index is 0.0361. The minimum Gasteiger partial charge on any atom is -0.392 e. The molecule has 6 heteroatoms. The minimum atomic E-state index is 0.0361. The Morgan fingerprint density at radius 3 is 2.47 bits per heavy atom. The summed E-state index contributed by atoms with van der Waals surface area (Å²) in [5.41, 5.74) is 0.867. The quantitative estimate of drug-likeness (QED) is 0.939. The maximum Gasteiger partial charge on any atom is 0.165 e. The van der Waals surface area contributed by atoms with Crippen LogP contribution in [-0.4, -0.2) is 15.3 Å². The van der Waals surface area contributed by atoms with Crippen molar-refractivity contribution < 1.29 is 5.11 Å². The highest BCUT2D eigenvalue weighted by atomic mass is 35.5. The highest BCUT2D eigenvalue weighted by Crippen LogP contribution is 2.32. The second-order valence-electron chi connectivity index (χ2n) is 3.23. The first-order valence-electron chi connectivity index (χ1n) is 4.75. The summed E-state index contributed by atoms with van der Waals surface area (Å²) in [5.74, 6) is 0. The van der Waals surface area contributed by atoms with Crippen LogP contribution >= 0.6 is 35.0 Å². The van der Waals surface area contributed by atoms with E-state index in [1.807, 2.05) is 24.3 Å². The van der Waals surface area contributed by atoms with Gasteiger partial charge < -0.3 is 5.11 Å². The van der Waals surface area contributed by atoms with Crippen molar-refractivity contribution >= 4 is 35.0 Å². The molecule has 0 bridgehead atoms. The zero-order valence-corrected chi connectivity index (χ0v) is 10.9. The van der Waals surface area contributed by atoms with E-state index in [0.717, 1.165) is 15.4 Å². The van der Waals surface area contributed by atoms with Gasteiger partial charge in [0.15, 0.2) is 10.3 Å². The molecule has 0 spiro atoms. The smallest absolute Gasteiger partial charge is 0.165 e. The lowest BCUT2D eigenvalue weighted by atomic mass is 10.2. The van der Waals surface area contributed by atoms with E-state index in [9.17, 15) is 0 Å². The number of hydrogen-bond acceptors (Lipinski definition) is 4. The van der Waals surface area contributed by atoms with Gasteiger partial charge in [0.2, 0.25) is 0 Å². The highest BCUT2D eigenvalue weighted by Gasteiger charge is 2.06. The van der Waals surface area contributed by atoms with Gasteiger partial charge in [0.25, 0.3) is 0 Å². The fraction of sp³-hybridized carbons (Fsp3) is 0.0909. The van der Waals surface area contributed by atoms with Crippen LogP contribution in [-0.2, 0) is 6.61 Å². The van der Waals surface area contributed by atoms with E-state index in [4.69, 9.17) is 28.3 Å². The predicted octanol–water partition coefficient (Wildman–Crippen LogP) is 3.43. The third-order valence-electron chi connectivity index (χ3n) is 2.02. The molecule has 0 saturated carbocycles. The molecule has 17 heavy (non-hydrogen) atoms. The fourth-order valence-corrected chi connectivity index (χ4v) is 2.44. The Morgan fingerprint density at radius 2 is 1.82 bits per heavy atom. The summed E-state index contributed by atoms with van der Waals surface area (Å²) in [6.45, 7) is 0.0361. The Hall–Kier alpha value is -0.810. The first-order chi connectivity index (χ1) is 8.19. The number of hydrogen-bond donors (Lipinski definition) is 1. The molecular weight excluding hydrogens is 279 g/mol. The number of halogens is 2. The maximum absolute atomic E-state index is 8.94. The molecule has 2 rings (SSSR count). The average molecular weight is 287 g/mol. The number of benzene rings is 1. The monoisotopic (exact) mass is 286 g/mol. The van der Waals surface area contributed by atoms with E-state index in [0.29, 0.717) is 10.3 Å². The Balaban J connectivity index is 2.22. The van der Waals surface area contributed by atoms with Crippen molar-refractivity contribution in [2.75, 3.05) is 0 Å². The van der Waals surface area contributed by atoms with Crippen LogP contribution in [0.5, 0.6) is 0 Å². The van der Waals surface area contributed by atoms with Gasteiger partial charge in [-0.25, -0.2) is 0 Å². The Kier molecular flexibility index (Phi) is 4.23. The first-order valence-corrected chi connectivity index (χ1v) is 6.32. The molecule has 3 nitrogen and oxygen atoms in total. The lowest BCUT2D eigenvalue weighted by Crippen LogP contribution is -1.86. The van der Waals surface area contributed by atoms with Gasteiger partial charge in [-0.3, -0.25) is 0 Å². The van der Waals surface area contributed by atoms with E-state index < -0.39 is 0 Å². The lowest BCUT2D eigenvalue weighted by molar-refractivity contribution is 0.282. The zero-order chi connectivity index (χ0) is 12.3. The lowest BCUT2D eigenvalue weighted by Gasteiger charge is -2.04. The van der Waals surface area contributed by atoms with E-state index in [2.05, 4.69) is 10.2 Å². The summed E-state index contributed by atoms with van der Waals surface area (Å²) in [6, 6.07) is 9.18.